The summed E-state index contributed by atoms with van der Waals surface area (Å²) in [6.45, 7) is 2.88. The molecule has 0 aliphatic carbocycles. The highest BCUT2D eigenvalue weighted by molar-refractivity contribution is 5.55. The molecule has 6 heteroatoms. The first kappa shape index (κ1) is 18.2. The van der Waals surface area contributed by atoms with E-state index in [0.29, 0.717) is 23.7 Å². The van der Waals surface area contributed by atoms with Crippen molar-refractivity contribution in [1.82, 2.24) is 5.32 Å². The average molecular weight is 359 g/mol. The second-order valence-corrected chi connectivity index (χ2v) is 6.72. The zero-order valence-electron chi connectivity index (χ0n) is 15.5. The molecule has 0 bridgehead atoms. The zero-order valence-corrected chi connectivity index (χ0v) is 15.5. The van der Waals surface area contributed by atoms with E-state index in [1.165, 1.54) is 0 Å². The first-order chi connectivity index (χ1) is 12.4. The summed E-state index contributed by atoms with van der Waals surface area (Å²) in [5.74, 6) is 1.58. The molecule has 3 N–H and O–H groups in total. The SMILES string of the molecule is COc1cc(CC2(C)NCCc3cc(O)c(O)cc32)cc(OC)c1OC. The number of methoxy groups -OCH3 is 3. The van der Waals surface area contributed by atoms with Crippen molar-refractivity contribution in [1.29, 1.82) is 0 Å². The number of rotatable bonds is 5. The third-order valence-electron chi connectivity index (χ3n) is 4.99. The predicted molar refractivity (Wildman–Crippen MR) is 98.6 cm³/mol. The van der Waals surface area contributed by atoms with E-state index in [2.05, 4.69) is 12.2 Å². The maximum absolute atomic E-state index is 9.97. The van der Waals surface area contributed by atoms with Crippen LogP contribution >= 0.6 is 0 Å². The Balaban J connectivity index is 2.03. The Morgan fingerprint density at radius 1 is 0.962 bits per heavy atom. The van der Waals surface area contributed by atoms with Crippen LogP contribution in [0.1, 0.15) is 23.6 Å². The molecule has 1 aliphatic heterocycles. The van der Waals surface area contributed by atoms with Crippen LogP contribution in [-0.2, 0) is 18.4 Å². The molecule has 140 valence electrons. The summed E-state index contributed by atoms with van der Waals surface area (Å²) in [5.41, 5.74) is 2.63. The second kappa shape index (κ2) is 6.96. The number of phenolic OH excluding ortho intramolecular Hbond substituents is 2. The maximum Gasteiger partial charge on any atom is 0.203 e. The Kier molecular flexibility index (Phi) is 4.87. The van der Waals surface area contributed by atoms with E-state index in [1.54, 1.807) is 33.5 Å². The largest absolute Gasteiger partial charge is 0.504 e. The fourth-order valence-corrected chi connectivity index (χ4v) is 3.71. The van der Waals surface area contributed by atoms with E-state index in [0.717, 1.165) is 29.7 Å². The number of ether oxygens (including phenoxy) is 3. The van der Waals surface area contributed by atoms with Crippen LogP contribution in [0, 0.1) is 0 Å². The van der Waals surface area contributed by atoms with Crippen molar-refractivity contribution in [2.24, 2.45) is 0 Å². The van der Waals surface area contributed by atoms with Gasteiger partial charge in [0.1, 0.15) is 0 Å². The first-order valence-corrected chi connectivity index (χ1v) is 8.51. The third-order valence-corrected chi connectivity index (χ3v) is 4.99. The van der Waals surface area contributed by atoms with Gasteiger partial charge in [-0.05, 0) is 60.7 Å². The van der Waals surface area contributed by atoms with Gasteiger partial charge in [0.2, 0.25) is 5.75 Å². The maximum atomic E-state index is 9.97. The molecule has 1 unspecified atom stereocenters. The summed E-state index contributed by atoms with van der Waals surface area (Å²) in [7, 11) is 4.77. The molecule has 6 nitrogen and oxygen atoms in total. The number of nitrogens with one attached hydrogen (secondary N) is 1. The molecule has 0 spiro atoms. The van der Waals surface area contributed by atoms with Gasteiger partial charge in [-0.1, -0.05) is 0 Å². The summed E-state index contributed by atoms with van der Waals surface area (Å²) in [6.07, 6.45) is 1.45. The molecular weight excluding hydrogens is 334 g/mol. The minimum atomic E-state index is -0.399. The number of hydrogen-bond donors (Lipinski definition) is 3. The fourth-order valence-electron chi connectivity index (χ4n) is 3.71. The van der Waals surface area contributed by atoms with E-state index < -0.39 is 5.54 Å². The zero-order chi connectivity index (χ0) is 18.9. The summed E-state index contributed by atoms with van der Waals surface area (Å²) in [4.78, 5) is 0. The molecule has 3 rings (SSSR count). The van der Waals surface area contributed by atoms with Gasteiger partial charge in [-0.25, -0.2) is 0 Å². The lowest BCUT2D eigenvalue weighted by atomic mass is 9.79. The van der Waals surface area contributed by atoms with Crippen molar-refractivity contribution in [2.75, 3.05) is 27.9 Å². The van der Waals surface area contributed by atoms with E-state index >= 15 is 0 Å². The van der Waals surface area contributed by atoms with Crippen LogP contribution in [-0.4, -0.2) is 38.1 Å². The quantitative estimate of drug-likeness (QED) is 0.713. The summed E-state index contributed by atoms with van der Waals surface area (Å²) >= 11 is 0. The molecule has 26 heavy (non-hydrogen) atoms. The Morgan fingerprint density at radius 2 is 1.58 bits per heavy atom. The number of aromatic hydroxyl groups is 2. The van der Waals surface area contributed by atoms with E-state index in [4.69, 9.17) is 14.2 Å². The molecule has 0 amide bonds. The molecule has 1 aliphatic rings. The lowest BCUT2D eigenvalue weighted by Crippen LogP contribution is -2.46. The van der Waals surface area contributed by atoms with Gasteiger partial charge in [-0.2, -0.15) is 0 Å². The van der Waals surface area contributed by atoms with Crippen molar-refractivity contribution < 1.29 is 24.4 Å². The fraction of sp³-hybridized carbons (Fsp3) is 0.400. The van der Waals surface area contributed by atoms with Crippen molar-refractivity contribution in [3.05, 3.63) is 41.0 Å². The molecular formula is C20H25NO5. The van der Waals surface area contributed by atoms with Crippen LogP contribution in [0.4, 0.5) is 0 Å². The molecule has 0 aromatic heterocycles. The predicted octanol–water partition coefficient (Wildman–Crippen LogP) is 2.73. The standard InChI is InChI=1S/C20H25NO5/c1-20(14-10-16(23)15(22)9-13(14)5-6-21-20)11-12-7-17(24-2)19(26-4)18(8-12)25-3/h7-10,21-23H,5-6,11H2,1-4H3. The highest BCUT2D eigenvalue weighted by atomic mass is 16.5. The van der Waals surface area contributed by atoms with Crippen LogP contribution in [0.25, 0.3) is 0 Å². The Morgan fingerprint density at radius 3 is 2.15 bits per heavy atom. The number of fused-ring (bicyclic) bond motifs is 1. The van der Waals surface area contributed by atoms with Crippen molar-refractivity contribution in [3.63, 3.8) is 0 Å². The molecule has 2 aromatic carbocycles. The normalized spacial score (nSPS) is 18.9. The molecule has 0 fully saturated rings. The van der Waals surface area contributed by atoms with Gasteiger partial charge in [0, 0.05) is 12.1 Å². The van der Waals surface area contributed by atoms with Gasteiger partial charge in [-0.3, -0.25) is 0 Å². The second-order valence-electron chi connectivity index (χ2n) is 6.72. The van der Waals surface area contributed by atoms with Gasteiger partial charge in [0.05, 0.1) is 21.3 Å². The molecule has 0 saturated heterocycles. The molecule has 0 radical (unpaired) electrons. The highest BCUT2D eigenvalue weighted by Crippen LogP contribution is 2.42. The van der Waals surface area contributed by atoms with Crippen molar-refractivity contribution in [2.45, 2.75) is 25.3 Å². The monoisotopic (exact) mass is 359 g/mol. The van der Waals surface area contributed by atoms with Crippen LogP contribution in [0.2, 0.25) is 0 Å². The van der Waals surface area contributed by atoms with Gasteiger partial charge in [0.25, 0.3) is 0 Å². The number of benzene rings is 2. The van der Waals surface area contributed by atoms with Gasteiger partial charge >= 0.3 is 0 Å². The number of phenols is 2. The van der Waals surface area contributed by atoms with Gasteiger partial charge in [0.15, 0.2) is 23.0 Å². The minimum Gasteiger partial charge on any atom is -0.504 e. The Bertz CT molecular complexity index is 795. The molecule has 2 aromatic rings. The van der Waals surface area contributed by atoms with Crippen LogP contribution in [0.15, 0.2) is 24.3 Å². The van der Waals surface area contributed by atoms with Crippen LogP contribution in [0.5, 0.6) is 28.7 Å². The third kappa shape index (κ3) is 3.12. The lowest BCUT2D eigenvalue weighted by molar-refractivity contribution is 0.318. The van der Waals surface area contributed by atoms with Crippen molar-refractivity contribution >= 4 is 0 Å². The van der Waals surface area contributed by atoms with E-state index in [-0.39, 0.29) is 11.5 Å². The first-order valence-electron chi connectivity index (χ1n) is 8.51. The lowest BCUT2D eigenvalue weighted by Gasteiger charge is -2.38. The van der Waals surface area contributed by atoms with E-state index in [9.17, 15) is 10.2 Å². The molecule has 0 saturated carbocycles. The van der Waals surface area contributed by atoms with Gasteiger partial charge in [-0.15, -0.1) is 0 Å². The van der Waals surface area contributed by atoms with Gasteiger partial charge < -0.3 is 29.7 Å². The molecule has 1 atom stereocenters. The van der Waals surface area contributed by atoms with Crippen molar-refractivity contribution in [3.8, 4) is 28.7 Å². The molecule has 1 heterocycles. The smallest absolute Gasteiger partial charge is 0.203 e. The van der Waals surface area contributed by atoms with Crippen LogP contribution < -0.4 is 19.5 Å². The summed E-state index contributed by atoms with van der Waals surface area (Å²) in [6, 6.07) is 7.17. The topological polar surface area (TPSA) is 80.2 Å². The average Bonchev–Trinajstić information content (AvgIpc) is 2.62. The van der Waals surface area contributed by atoms with Crippen LogP contribution in [0.3, 0.4) is 0 Å². The number of hydrogen-bond acceptors (Lipinski definition) is 6. The minimum absolute atomic E-state index is 0.0826. The highest BCUT2D eigenvalue weighted by Gasteiger charge is 2.33. The summed E-state index contributed by atoms with van der Waals surface area (Å²) < 4.78 is 16.3. The summed E-state index contributed by atoms with van der Waals surface area (Å²) in [5, 5.41) is 23.3. The Hall–Kier alpha value is -2.60. The Labute approximate surface area is 153 Å². The van der Waals surface area contributed by atoms with E-state index in [1.807, 2.05) is 12.1 Å².